The van der Waals surface area contributed by atoms with Crippen molar-refractivity contribution in [1.29, 1.82) is 0 Å². The Morgan fingerprint density at radius 2 is 2.08 bits per heavy atom. The lowest BCUT2D eigenvalue weighted by molar-refractivity contribution is 0.102. The van der Waals surface area contributed by atoms with Crippen LogP contribution in [0.1, 0.15) is 17.3 Å². The third-order valence-electron chi connectivity index (χ3n) is 3.23. The topological polar surface area (TPSA) is 99.3 Å². The van der Waals surface area contributed by atoms with Crippen LogP contribution in [0.25, 0.3) is 0 Å². The van der Waals surface area contributed by atoms with E-state index >= 15 is 0 Å². The number of nitrogens with zero attached hydrogens (tertiary/aromatic N) is 2. The van der Waals surface area contributed by atoms with Crippen LogP contribution in [0.5, 0.6) is 5.88 Å². The minimum Gasteiger partial charge on any atom is -0.388 e. The van der Waals surface area contributed by atoms with Crippen LogP contribution in [0.3, 0.4) is 0 Å². The standard InChI is InChI=1S/C16H19BrClN5O3/c1-9(8-23(2)3)19-16(25)26-15-12(17)13(21-22-15)20-14(24)10-6-4-5-7-11(10)18/h4-7,9H,8H2,1-3H3,(H,19,25)(H2,20,21,22,24). The van der Waals surface area contributed by atoms with E-state index in [1.165, 1.54) is 0 Å². The first kappa shape index (κ1) is 20.2. The van der Waals surface area contributed by atoms with E-state index in [0.29, 0.717) is 21.6 Å². The molecule has 1 atom stereocenters. The van der Waals surface area contributed by atoms with E-state index in [-0.39, 0.29) is 17.7 Å². The molecule has 10 heteroatoms. The maximum atomic E-state index is 12.3. The number of carbonyl (C=O) groups is 2. The van der Waals surface area contributed by atoms with Crippen LogP contribution in [-0.4, -0.2) is 53.8 Å². The highest BCUT2D eigenvalue weighted by molar-refractivity contribution is 9.10. The van der Waals surface area contributed by atoms with Crippen molar-refractivity contribution in [3.63, 3.8) is 0 Å². The number of hydrogen-bond donors (Lipinski definition) is 3. The van der Waals surface area contributed by atoms with Crippen LogP contribution in [-0.2, 0) is 0 Å². The second-order valence-corrected chi connectivity index (χ2v) is 7.05. The summed E-state index contributed by atoms with van der Waals surface area (Å²) in [4.78, 5) is 26.1. The Kier molecular flexibility index (Phi) is 7.01. The molecule has 0 fully saturated rings. The van der Waals surface area contributed by atoms with Crippen molar-refractivity contribution in [2.24, 2.45) is 0 Å². The summed E-state index contributed by atoms with van der Waals surface area (Å²) in [6, 6.07) is 6.55. The van der Waals surface area contributed by atoms with Crippen molar-refractivity contribution >= 4 is 45.3 Å². The van der Waals surface area contributed by atoms with E-state index in [4.69, 9.17) is 16.3 Å². The van der Waals surface area contributed by atoms with Gasteiger partial charge in [0.2, 0.25) is 0 Å². The maximum Gasteiger partial charge on any atom is 0.414 e. The van der Waals surface area contributed by atoms with Crippen LogP contribution in [0.15, 0.2) is 28.7 Å². The van der Waals surface area contributed by atoms with Crippen molar-refractivity contribution in [2.45, 2.75) is 13.0 Å². The zero-order valence-electron chi connectivity index (χ0n) is 14.5. The Labute approximate surface area is 164 Å². The number of rotatable bonds is 6. The summed E-state index contributed by atoms with van der Waals surface area (Å²) < 4.78 is 5.47. The molecule has 0 aliphatic carbocycles. The van der Waals surface area contributed by atoms with Gasteiger partial charge >= 0.3 is 6.09 Å². The molecular formula is C16H19BrClN5O3. The van der Waals surface area contributed by atoms with Gasteiger partial charge in [-0.25, -0.2) is 4.79 Å². The first-order valence-electron chi connectivity index (χ1n) is 7.70. The summed E-state index contributed by atoms with van der Waals surface area (Å²) in [7, 11) is 3.81. The first-order valence-corrected chi connectivity index (χ1v) is 8.87. The number of hydrogen-bond acceptors (Lipinski definition) is 5. The van der Waals surface area contributed by atoms with Crippen LogP contribution >= 0.6 is 27.5 Å². The lowest BCUT2D eigenvalue weighted by Crippen LogP contribution is -2.41. The van der Waals surface area contributed by atoms with Crippen molar-refractivity contribution in [1.82, 2.24) is 20.4 Å². The minimum atomic E-state index is -0.643. The number of ether oxygens (including phenoxy) is 1. The van der Waals surface area contributed by atoms with Crippen LogP contribution in [0.4, 0.5) is 10.6 Å². The number of H-pyrrole nitrogens is 1. The summed E-state index contributed by atoms with van der Waals surface area (Å²) in [5.41, 5.74) is 0.313. The molecule has 0 aliphatic heterocycles. The van der Waals surface area contributed by atoms with Gasteiger partial charge in [0.25, 0.3) is 11.8 Å². The van der Waals surface area contributed by atoms with Gasteiger partial charge in [-0.3, -0.25) is 9.89 Å². The van der Waals surface area contributed by atoms with E-state index in [1.807, 2.05) is 25.9 Å². The maximum absolute atomic E-state index is 12.3. The van der Waals surface area contributed by atoms with Crippen LogP contribution in [0.2, 0.25) is 5.02 Å². The third-order valence-corrected chi connectivity index (χ3v) is 4.29. The minimum absolute atomic E-state index is 0.00834. The second-order valence-electron chi connectivity index (χ2n) is 5.85. The van der Waals surface area contributed by atoms with Crippen molar-refractivity contribution < 1.29 is 14.3 Å². The molecule has 3 N–H and O–H groups in total. The fourth-order valence-electron chi connectivity index (χ4n) is 2.20. The summed E-state index contributed by atoms with van der Waals surface area (Å²) in [5.74, 6) is -0.163. The molecule has 0 spiro atoms. The number of nitrogens with one attached hydrogen (secondary N) is 3. The number of likely N-dealkylation sites (N-methyl/N-ethyl adjacent to an activating group) is 1. The Morgan fingerprint density at radius 3 is 2.73 bits per heavy atom. The lowest BCUT2D eigenvalue weighted by Gasteiger charge is -2.17. The SMILES string of the molecule is CC(CN(C)C)NC(=O)Oc1n[nH]c(NC(=O)c2ccccc2Cl)c1Br. The molecular weight excluding hydrogens is 426 g/mol. The number of carbonyl (C=O) groups excluding carboxylic acids is 2. The molecule has 26 heavy (non-hydrogen) atoms. The quantitative estimate of drug-likeness (QED) is 0.636. The highest BCUT2D eigenvalue weighted by Crippen LogP contribution is 2.30. The van der Waals surface area contributed by atoms with E-state index in [9.17, 15) is 9.59 Å². The smallest absolute Gasteiger partial charge is 0.388 e. The van der Waals surface area contributed by atoms with Gasteiger partial charge in [0, 0.05) is 12.6 Å². The molecule has 1 aromatic carbocycles. The lowest BCUT2D eigenvalue weighted by atomic mass is 10.2. The largest absolute Gasteiger partial charge is 0.414 e. The molecule has 0 saturated heterocycles. The molecule has 0 aliphatic rings. The van der Waals surface area contributed by atoms with Crippen LogP contribution < -0.4 is 15.4 Å². The summed E-state index contributed by atoms with van der Waals surface area (Å²) in [6.45, 7) is 2.52. The molecule has 0 bridgehead atoms. The Hall–Kier alpha value is -2.10. The van der Waals surface area contributed by atoms with E-state index < -0.39 is 12.0 Å². The van der Waals surface area contributed by atoms with Crippen molar-refractivity contribution in [3.05, 3.63) is 39.3 Å². The Bertz CT molecular complexity index is 796. The zero-order valence-corrected chi connectivity index (χ0v) is 16.8. The normalized spacial score (nSPS) is 11.9. The van der Waals surface area contributed by atoms with Gasteiger partial charge in [-0.05, 0) is 49.1 Å². The summed E-state index contributed by atoms with van der Waals surface area (Å²) >= 11 is 9.26. The number of anilines is 1. The summed E-state index contributed by atoms with van der Waals surface area (Å²) in [6.07, 6.45) is -0.643. The number of amides is 2. The van der Waals surface area contributed by atoms with Gasteiger partial charge in [0.15, 0.2) is 0 Å². The van der Waals surface area contributed by atoms with Gasteiger partial charge in [0.05, 0.1) is 10.6 Å². The number of benzene rings is 1. The molecule has 2 rings (SSSR count). The van der Waals surface area contributed by atoms with Crippen LogP contribution in [0, 0.1) is 0 Å². The molecule has 0 radical (unpaired) electrons. The zero-order chi connectivity index (χ0) is 19.3. The fourth-order valence-corrected chi connectivity index (χ4v) is 2.78. The fraction of sp³-hybridized carbons (Fsp3) is 0.312. The van der Waals surface area contributed by atoms with Gasteiger partial charge in [0.1, 0.15) is 10.3 Å². The van der Waals surface area contributed by atoms with Gasteiger partial charge in [-0.2, -0.15) is 0 Å². The highest BCUT2D eigenvalue weighted by Gasteiger charge is 2.19. The van der Waals surface area contributed by atoms with Gasteiger partial charge in [-0.15, -0.1) is 5.10 Å². The molecule has 2 aromatic rings. The predicted octanol–water partition coefficient (Wildman–Crippen LogP) is 3.12. The molecule has 0 saturated carbocycles. The number of aromatic nitrogens is 2. The van der Waals surface area contributed by atoms with E-state index in [1.54, 1.807) is 24.3 Å². The van der Waals surface area contributed by atoms with Gasteiger partial charge in [-0.1, -0.05) is 23.7 Å². The first-order chi connectivity index (χ1) is 12.3. The molecule has 1 heterocycles. The molecule has 140 valence electrons. The molecule has 8 nitrogen and oxygen atoms in total. The number of halogens is 2. The van der Waals surface area contributed by atoms with Crippen molar-refractivity contribution in [3.8, 4) is 5.88 Å². The molecule has 1 unspecified atom stereocenters. The monoisotopic (exact) mass is 443 g/mol. The second kappa shape index (κ2) is 9.02. The average Bonchev–Trinajstić information content (AvgIpc) is 2.87. The summed E-state index contributed by atoms with van der Waals surface area (Å²) in [5, 5.41) is 12.1. The third kappa shape index (κ3) is 5.45. The highest BCUT2D eigenvalue weighted by atomic mass is 79.9. The Morgan fingerprint density at radius 1 is 1.38 bits per heavy atom. The molecule has 2 amide bonds. The predicted molar refractivity (Wildman–Crippen MR) is 103 cm³/mol. The van der Waals surface area contributed by atoms with E-state index in [0.717, 1.165) is 0 Å². The Balaban J connectivity index is 2.00. The number of aromatic amines is 1. The average molecular weight is 445 g/mol. The molecule has 1 aromatic heterocycles. The van der Waals surface area contributed by atoms with E-state index in [2.05, 4.69) is 36.8 Å². The van der Waals surface area contributed by atoms with Gasteiger partial charge < -0.3 is 20.3 Å². The van der Waals surface area contributed by atoms with Crippen molar-refractivity contribution in [2.75, 3.05) is 26.0 Å².